The Kier molecular flexibility index (Phi) is 4.14. The number of benzene rings is 1. The SMILES string of the molecule is Cc1cc(N2CCCC2C(C)C)c([C@@H](C)O)cc1F. The maximum absolute atomic E-state index is 13.7. The quantitative estimate of drug-likeness (QED) is 0.898. The van der Waals surface area contributed by atoms with Crippen LogP contribution in [0.3, 0.4) is 0 Å². The van der Waals surface area contributed by atoms with E-state index in [2.05, 4.69) is 18.7 Å². The van der Waals surface area contributed by atoms with Gasteiger partial charge in [0, 0.05) is 23.8 Å². The summed E-state index contributed by atoms with van der Waals surface area (Å²) in [7, 11) is 0. The minimum Gasteiger partial charge on any atom is -0.389 e. The first-order valence-corrected chi connectivity index (χ1v) is 7.16. The summed E-state index contributed by atoms with van der Waals surface area (Å²) in [5.74, 6) is 0.328. The van der Waals surface area contributed by atoms with Crippen LogP contribution in [-0.2, 0) is 0 Å². The molecule has 0 bridgehead atoms. The maximum Gasteiger partial charge on any atom is 0.126 e. The minimum absolute atomic E-state index is 0.236. The van der Waals surface area contributed by atoms with Crippen molar-refractivity contribution in [2.75, 3.05) is 11.4 Å². The van der Waals surface area contributed by atoms with E-state index in [4.69, 9.17) is 0 Å². The second-order valence-electron chi connectivity index (χ2n) is 5.98. The lowest BCUT2D eigenvalue weighted by atomic mass is 9.99. The van der Waals surface area contributed by atoms with Crippen LogP contribution in [0.15, 0.2) is 12.1 Å². The Morgan fingerprint density at radius 2 is 2.00 bits per heavy atom. The molecule has 3 heteroatoms. The third kappa shape index (κ3) is 2.76. The average Bonchev–Trinajstić information content (AvgIpc) is 2.80. The van der Waals surface area contributed by atoms with E-state index in [9.17, 15) is 9.50 Å². The highest BCUT2D eigenvalue weighted by molar-refractivity contribution is 5.58. The molecule has 1 aromatic rings. The first-order chi connectivity index (χ1) is 8.91. The third-order valence-corrected chi connectivity index (χ3v) is 4.14. The molecule has 2 nitrogen and oxygen atoms in total. The molecule has 0 aliphatic carbocycles. The summed E-state index contributed by atoms with van der Waals surface area (Å²) in [5, 5.41) is 9.91. The standard InChI is InChI=1S/C16H24FNO/c1-10(2)15-6-5-7-18(15)16-8-11(3)14(17)9-13(16)12(4)19/h8-10,12,15,19H,5-7H2,1-4H3/t12-,15?/m1/s1. The fourth-order valence-corrected chi connectivity index (χ4v) is 3.05. The summed E-state index contributed by atoms with van der Waals surface area (Å²) in [6, 6.07) is 3.87. The Labute approximate surface area is 115 Å². The van der Waals surface area contributed by atoms with Crippen LogP contribution in [0.4, 0.5) is 10.1 Å². The molecule has 1 N–H and O–H groups in total. The zero-order valence-corrected chi connectivity index (χ0v) is 12.3. The summed E-state index contributed by atoms with van der Waals surface area (Å²) in [6.07, 6.45) is 1.70. The van der Waals surface area contributed by atoms with Crippen LogP contribution in [0.2, 0.25) is 0 Å². The van der Waals surface area contributed by atoms with Gasteiger partial charge in [0.1, 0.15) is 5.82 Å². The van der Waals surface area contributed by atoms with E-state index in [-0.39, 0.29) is 5.82 Å². The Morgan fingerprint density at radius 1 is 1.32 bits per heavy atom. The molecule has 0 saturated carbocycles. The molecule has 106 valence electrons. The van der Waals surface area contributed by atoms with Crippen molar-refractivity contribution >= 4 is 5.69 Å². The Morgan fingerprint density at radius 3 is 2.58 bits per heavy atom. The largest absolute Gasteiger partial charge is 0.389 e. The van der Waals surface area contributed by atoms with Crippen molar-refractivity contribution in [1.82, 2.24) is 0 Å². The highest BCUT2D eigenvalue weighted by Gasteiger charge is 2.29. The molecule has 0 amide bonds. The predicted octanol–water partition coefficient (Wildman–Crippen LogP) is 3.81. The van der Waals surface area contributed by atoms with Gasteiger partial charge in [-0.25, -0.2) is 4.39 Å². The second kappa shape index (κ2) is 5.49. The highest BCUT2D eigenvalue weighted by Crippen LogP contribution is 2.36. The zero-order valence-electron chi connectivity index (χ0n) is 12.3. The molecule has 2 rings (SSSR count). The summed E-state index contributed by atoms with van der Waals surface area (Å²) in [5.41, 5.74) is 2.36. The third-order valence-electron chi connectivity index (χ3n) is 4.14. The van der Waals surface area contributed by atoms with Crippen molar-refractivity contribution in [3.63, 3.8) is 0 Å². The molecule has 1 unspecified atom stereocenters. The Hall–Kier alpha value is -1.09. The van der Waals surface area contributed by atoms with Crippen LogP contribution in [0.1, 0.15) is 50.8 Å². The molecule has 0 aromatic heterocycles. The van der Waals surface area contributed by atoms with Gasteiger partial charge in [0.15, 0.2) is 0 Å². The van der Waals surface area contributed by atoms with E-state index in [1.165, 1.54) is 18.9 Å². The van der Waals surface area contributed by atoms with Crippen LogP contribution >= 0.6 is 0 Å². The van der Waals surface area contributed by atoms with Gasteiger partial charge >= 0.3 is 0 Å². The fraction of sp³-hybridized carbons (Fsp3) is 0.625. The molecular weight excluding hydrogens is 241 g/mol. The summed E-state index contributed by atoms with van der Waals surface area (Å²) in [4.78, 5) is 2.35. The van der Waals surface area contributed by atoms with E-state index >= 15 is 0 Å². The molecule has 1 saturated heterocycles. The molecular formula is C16H24FNO. The Balaban J connectivity index is 2.45. The van der Waals surface area contributed by atoms with Gasteiger partial charge in [-0.05, 0) is 50.3 Å². The van der Waals surface area contributed by atoms with Gasteiger partial charge in [0.2, 0.25) is 0 Å². The predicted molar refractivity (Wildman–Crippen MR) is 77.0 cm³/mol. The molecule has 1 aromatic carbocycles. The van der Waals surface area contributed by atoms with Crippen molar-refractivity contribution in [3.05, 3.63) is 29.1 Å². The van der Waals surface area contributed by atoms with E-state index < -0.39 is 6.10 Å². The van der Waals surface area contributed by atoms with Gasteiger partial charge in [0.25, 0.3) is 0 Å². The van der Waals surface area contributed by atoms with E-state index in [1.807, 2.05) is 6.07 Å². The van der Waals surface area contributed by atoms with E-state index in [1.54, 1.807) is 13.8 Å². The first-order valence-electron chi connectivity index (χ1n) is 7.16. The molecule has 1 heterocycles. The van der Waals surface area contributed by atoms with Crippen molar-refractivity contribution in [3.8, 4) is 0 Å². The van der Waals surface area contributed by atoms with Crippen molar-refractivity contribution < 1.29 is 9.50 Å². The van der Waals surface area contributed by atoms with Crippen molar-refractivity contribution in [2.24, 2.45) is 5.92 Å². The molecule has 1 aliphatic heterocycles. The number of aliphatic hydroxyl groups excluding tert-OH is 1. The fourth-order valence-electron chi connectivity index (χ4n) is 3.05. The number of halogens is 1. The number of hydrogen-bond acceptors (Lipinski definition) is 2. The first kappa shape index (κ1) is 14.3. The van der Waals surface area contributed by atoms with Crippen molar-refractivity contribution in [2.45, 2.75) is 52.7 Å². The lowest BCUT2D eigenvalue weighted by Gasteiger charge is -2.32. The number of aliphatic hydroxyl groups is 1. The summed E-state index contributed by atoms with van der Waals surface area (Å²) in [6.45, 7) is 8.93. The van der Waals surface area contributed by atoms with Gasteiger partial charge < -0.3 is 10.0 Å². The molecule has 0 radical (unpaired) electrons. The van der Waals surface area contributed by atoms with E-state index in [0.717, 1.165) is 12.2 Å². The number of rotatable bonds is 3. The lowest BCUT2D eigenvalue weighted by molar-refractivity contribution is 0.199. The number of nitrogens with zero attached hydrogens (tertiary/aromatic N) is 1. The van der Waals surface area contributed by atoms with Gasteiger partial charge in [-0.15, -0.1) is 0 Å². The highest BCUT2D eigenvalue weighted by atomic mass is 19.1. The van der Waals surface area contributed by atoms with Crippen LogP contribution in [0, 0.1) is 18.7 Å². The van der Waals surface area contributed by atoms with Crippen LogP contribution in [0.25, 0.3) is 0 Å². The lowest BCUT2D eigenvalue weighted by Crippen LogP contribution is -2.34. The number of hydrogen-bond donors (Lipinski definition) is 1. The molecule has 0 spiro atoms. The molecule has 1 fully saturated rings. The van der Waals surface area contributed by atoms with Crippen LogP contribution < -0.4 is 4.90 Å². The van der Waals surface area contributed by atoms with Gasteiger partial charge in [0.05, 0.1) is 6.10 Å². The minimum atomic E-state index is -0.640. The molecule has 1 aliphatic rings. The van der Waals surface area contributed by atoms with Crippen molar-refractivity contribution in [1.29, 1.82) is 0 Å². The topological polar surface area (TPSA) is 23.5 Å². The monoisotopic (exact) mass is 265 g/mol. The molecule has 19 heavy (non-hydrogen) atoms. The smallest absolute Gasteiger partial charge is 0.126 e. The second-order valence-corrected chi connectivity index (χ2v) is 5.98. The van der Waals surface area contributed by atoms with Gasteiger partial charge in [-0.1, -0.05) is 13.8 Å². The van der Waals surface area contributed by atoms with E-state index in [0.29, 0.717) is 23.1 Å². The van der Waals surface area contributed by atoms with Crippen LogP contribution in [-0.4, -0.2) is 17.7 Å². The summed E-state index contributed by atoms with van der Waals surface area (Å²) < 4.78 is 13.7. The number of anilines is 1. The van der Waals surface area contributed by atoms with Crippen LogP contribution in [0.5, 0.6) is 0 Å². The summed E-state index contributed by atoms with van der Waals surface area (Å²) >= 11 is 0. The molecule has 2 atom stereocenters. The maximum atomic E-state index is 13.7. The van der Waals surface area contributed by atoms with Gasteiger partial charge in [-0.3, -0.25) is 0 Å². The average molecular weight is 265 g/mol. The number of aryl methyl sites for hydroxylation is 1. The van der Waals surface area contributed by atoms with Gasteiger partial charge in [-0.2, -0.15) is 0 Å². The zero-order chi connectivity index (χ0) is 14.2. The Bertz CT molecular complexity index is 456. The normalized spacial score (nSPS) is 21.2.